The van der Waals surface area contributed by atoms with Crippen LogP contribution < -0.4 is 9.47 Å². The van der Waals surface area contributed by atoms with Gasteiger partial charge in [-0.25, -0.2) is 4.79 Å². The molecule has 1 aliphatic carbocycles. The van der Waals surface area contributed by atoms with Crippen LogP contribution in [0.5, 0.6) is 11.5 Å². The summed E-state index contributed by atoms with van der Waals surface area (Å²) in [5.74, 6) is 1.12. The third kappa shape index (κ3) is 6.99. The summed E-state index contributed by atoms with van der Waals surface area (Å²) in [6.45, 7) is 12.3. The summed E-state index contributed by atoms with van der Waals surface area (Å²) in [6.07, 6.45) is 3.26. The summed E-state index contributed by atoms with van der Waals surface area (Å²) in [5, 5.41) is 0. The maximum absolute atomic E-state index is 12.4. The van der Waals surface area contributed by atoms with Crippen molar-refractivity contribution >= 4 is 33.6 Å². The normalized spacial score (nSPS) is 18.1. The molecule has 0 radical (unpaired) electrons. The second-order valence-electron chi connectivity index (χ2n) is 12.1. The number of carbonyl (C=O) groups excluding carboxylic acids is 2. The highest BCUT2D eigenvalue weighted by Crippen LogP contribution is 2.39. The van der Waals surface area contributed by atoms with Gasteiger partial charge in [0.25, 0.3) is 0 Å². The Kier molecular flexibility index (Phi) is 8.26. The maximum Gasteiger partial charge on any atom is 0.410 e. The number of fused-ring (bicyclic) bond motifs is 1. The Morgan fingerprint density at radius 1 is 0.947 bits per heavy atom. The molecule has 1 heterocycles. The smallest absolute Gasteiger partial charge is 0.410 e. The van der Waals surface area contributed by atoms with Crippen molar-refractivity contribution in [1.29, 1.82) is 0 Å². The largest absolute Gasteiger partial charge is 0.489 e. The van der Waals surface area contributed by atoms with Gasteiger partial charge in [0.2, 0.25) is 0 Å². The molecule has 1 aliphatic heterocycles. The number of amides is 1. The summed E-state index contributed by atoms with van der Waals surface area (Å²) in [4.78, 5) is 26.5. The molecule has 0 saturated carbocycles. The van der Waals surface area contributed by atoms with E-state index in [-0.39, 0.29) is 18.2 Å². The predicted molar refractivity (Wildman–Crippen MR) is 153 cm³/mol. The van der Waals surface area contributed by atoms with Gasteiger partial charge in [0, 0.05) is 17.4 Å². The van der Waals surface area contributed by atoms with Gasteiger partial charge in [-0.05, 0) is 107 Å². The molecule has 2 aromatic rings. The van der Waals surface area contributed by atoms with Gasteiger partial charge in [-0.3, -0.25) is 4.79 Å². The van der Waals surface area contributed by atoms with Crippen molar-refractivity contribution in [2.75, 3.05) is 13.1 Å². The van der Waals surface area contributed by atoms with Gasteiger partial charge in [-0.1, -0.05) is 34.1 Å². The van der Waals surface area contributed by atoms with Gasteiger partial charge < -0.3 is 19.1 Å². The second-order valence-corrected chi connectivity index (χ2v) is 13.0. The van der Waals surface area contributed by atoms with E-state index in [1.54, 1.807) is 4.90 Å². The minimum absolute atomic E-state index is 0.0628. The average Bonchev–Trinajstić information content (AvgIpc) is 3.22. The monoisotopic (exact) mass is 583 g/mol. The predicted octanol–water partition coefficient (Wildman–Crippen LogP) is 7.52. The first-order chi connectivity index (χ1) is 17.8. The van der Waals surface area contributed by atoms with Crippen molar-refractivity contribution in [2.45, 2.75) is 78.9 Å². The van der Waals surface area contributed by atoms with Crippen LogP contribution in [0, 0.1) is 5.41 Å². The first kappa shape index (κ1) is 28.2. The molecule has 2 aliphatic rings. The van der Waals surface area contributed by atoms with Gasteiger partial charge in [-0.15, -0.1) is 0 Å². The highest BCUT2D eigenvalue weighted by molar-refractivity contribution is 9.11. The highest BCUT2D eigenvalue weighted by atomic mass is 79.9. The van der Waals surface area contributed by atoms with Crippen molar-refractivity contribution in [3.05, 3.63) is 63.6 Å². The standard InChI is InChI=1S/C31H38BrNO5/c1-30(2,3)28(34)37-23-14-15-25-21(18-23)8-7-9-26(32)27(25)20-10-12-22(13-11-20)36-24-16-17-33(19-24)29(35)38-31(4,5)6/h10-15,18,24H,7-9,16-17,19H2,1-6H3/t24-/m0/s1. The number of esters is 1. The first-order valence-corrected chi connectivity index (χ1v) is 14.1. The number of likely N-dealkylation sites (tertiary alicyclic amines) is 1. The molecule has 1 atom stereocenters. The van der Waals surface area contributed by atoms with Gasteiger partial charge >= 0.3 is 12.1 Å². The Morgan fingerprint density at radius 2 is 1.63 bits per heavy atom. The van der Waals surface area contributed by atoms with E-state index >= 15 is 0 Å². The molecule has 1 fully saturated rings. The number of benzene rings is 2. The first-order valence-electron chi connectivity index (χ1n) is 13.3. The van der Waals surface area contributed by atoms with Gasteiger partial charge in [-0.2, -0.15) is 0 Å². The molecule has 7 heteroatoms. The number of hydrogen-bond acceptors (Lipinski definition) is 5. The van der Waals surface area contributed by atoms with Crippen LogP contribution in [0.1, 0.15) is 77.5 Å². The van der Waals surface area contributed by atoms with E-state index in [0.29, 0.717) is 18.8 Å². The number of carbonyl (C=O) groups is 2. The SMILES string of the molecule is CC(C)(C)OC(=O)N1CC[C@H](Oc2ccc(C3=C(Br)CCCc4cc(OC(=O)C(C)(C)C)ccc43)cc2)C1. The Balaban J connectivity index is 1.47. The molecule has 0 bridgehead atoms. The second kappa shape index (κ2) is 11.1. The molecule has 0 unspecified atom stereocenters. The number of rotatable bonds is 4. The molecule has 2 aromatic carbocycles. The van der Waals surface area contributed by atoms with Crippen molar-refractivity contribution in [2.24, 2.45) is 5.41 Å². The van der Waals surface area contributed by atoms with Gasteiger partial charge in [0.05, 0.1) is 12.0 Å². The minimum Gasteiger partial charge on any atom is -0.489 e. The highest BCUT2D eigenvalue weighted by Gasteiger charge is 2.31. The number of hydrogen-bond donors (Lipinski definition) is 0. The Hall–Kier alpha value is -2.80. The zero-order chi connectivity index (χ0) is 27.7. The van der Waals surface area contributed by atoms with Crippen LogP contribution >= 0.6 is 15.9 Å². The Morgan fingerprint density at radius 3 is 2.29 bits per heavy atom. The fraction of sp³-hybridized carbons (Fsp3) is 0.484. The van der Waals surface area contributed by atoms with E-state index in [0.717, 1.165) is 52.6 Å². The van der Waals surface area contributed by atoms with Gasteiger partial charge in [0.1, 0.15) is 23.2 Å². The molecule has 0 N–H and O–H groups in total. The molecule has 38 heavy (non-hydrogen) atoms. The zero-order valence-corrected chi connectivity index (χ0v) is 24.8. The molecule has 1 amide bonds. The van der Waals surface area contributed by atoms with Gasteiger partial charge in [0.15, 0.2) is 0 Å². The lowest BCUT2D eigenvalue weighted by Crippen LogP contribution is -2.36. The number of aryl methyl sites for hydroxylation is 1. The minimum atomic E-state index is -0.558. The summed E-state index contributed by atoms with van der Waals surface area (Å²) < 4.78 is 18.5. The summed E-state index contributed by atoms with van der Waals surface area (Å²) in [6, 6.07) is 14.1. The van der Waals surface area contributed by atoms with Crippen LogP contribution in [0.3, 0.4) is 0 Å². The summed E-state index contributed by atoms with van der Waals surface area (Å²) in [5.41, 5.74) is 3.48. The molecule has 1 saturated heterocycles. The third-order valence-corrected chi connectivity index (χ3v) is 7.32. The van der Waals surface area contributed by atoms with Crippen LogP contribution in [0.2, 0.25) is 0 Å². The van der Waals surface area contributed by atoms with E-state index in [1.165, 1.54) is 5.56 Å². The van der Waals surface area contributed by atoms with Crippen LogP contribution in [0.25, 0.3) is 5.57 Å². The number of allylic oxidation sites excluding steroid dienone is 1. The van der Waals surface area contributed by atoms with E-state index in [1.807, 2.05) is 65.8 Å². The fourth-order valence-electron chi connectivity index (χ4n) is 4.57. The van der Waals surface area contributed by atoms with Crippen molar-refractivity contribution in [1.82, 2.24) is 4.90 Å². The lowest BCUT2D eigenvalue weighted by atomic mass is 9.93. The van der Waals surface area contributed by atoms with E-state index < -0.39 is 11.0 Å². The fourth-order valence-corrected chi connectivity index (χ4v) is 5.29. The van der Waals surface area contributed by atoms with Crippen LogP contribution in [-0.2, 0) is 16.0 Å². The van der Waals surface area contributed by atoms with Crippen LogP contribution in [0.4, 0.5) is 4.79 Å². The third-order valence-electron chi connectivity index (χ3n) is 6.53. The lowest BCUT2D eigenvalue weighted by Gasteiger charge is -2.24. The quantitative estimate of drug-likeness (QED) is 0.275. The Labute approximate surface area is 234 Å². The molecule has 204 valence electrons. The molecule has 0 spiro atoms. The van der Waals surface area contributed by atoms with Crippen molar-refractivity contribution in [3.8, 4) is 11.5 Å². The molecular weight excluding hydrogens is 546 g/mol. The molecule has 4 rings (SSSR count). The summed E-state index contributed by atoms with van der Waals surface area (Å²) >= 11 is 3.84. The number of halogens is 1. The molecule has 0 aromatic heterocycles. The average molecular weight is 585 g/mol. The van der Waals surface area contributed by atoms with Crippen molar-refractivity contribution < 1.29 is 23.8 Å². The van der Waals surface area contributed by atoms with E-state index in [2.05, 4.69) is 34.1 Å². The number of nitrogens with zero attached hydrogens (tertiary/aromatic N) is 1. The number of ether oxygens (including phenoxy) is 3. The van der Waals surface area contributed by atoms with E-state index in [9.17, 15) is 9.59 Å². The zero-order valence-electron chi connectivity index (χ0n) is 23.2. The van der Waals surface area contributed by atoms with E-state index in [4.69, 9.17) is 14.2 Å². The molecular formula is C31H38BrNO5. The Bertz CT molecular complexity index is 1220. The van der Waals surface area contributed by atoms with Crippen LogP contribution in [-0.4, -0.2) is 41.8 Å². The maximum atomic E-state index is 12.4. The van der Waals surface area contributed by atoms with Crippen molar-refractivity contribution in [3.63, 3.8) is 0 Å². The van der Waals surface area contributed by atoms with Crippen LogP contribution in [0.15, 0.2) is 46.9 Å². The topological polar surface area (TPSA) is 65.1 Å². The molecule has 6 nitrogen and oxygen atoms in total. The summed E-state index contributed by atoms with van der Waals surface area (Å²) in [7, 11) is 0. The lowest BCUT2D eigenvalue weighted by molar-refractivity contribution is -0.143.